The number of rotatable bonds is 7. The lowest BCUT2D eigenvalue weighted by atomic mass is 10.1. The average Bonchev–Trinajstić information content (AvgIpc) is 3.50. The maximum atomic E-state index is 13.3. The Kier molecular flexibility index (Phi) is 6.90. The molecule has 0 aliphatic heterocycles. The molecule has 0 spiro atoms. The molecule has 2 heterocycles. The van der Waals surface area contributed by atoms with Crippen LogP contribution in [0.5, 0.6) is 17.2 Å². The first-order chi connectivity index (χ1) is 16.0. The zero-order valence-corrected chi connectivity index (χ0v) is 20.2. The summed E-state index contributed by atoms with van der Waals surface area (Å²) in [5.74, 6) is 1.31. The van der Waals surface area contributed by atoms with Crippen LogP contribution in [0, 0.1) is 5.82 Å². The van der Waals surface area contributed by atoms with Gasteiger partial charge >= 0.3 is 0 Å². The number of thiophene rings is 1. The lowest BCUT2D eigenvalue weighted by Crippen LogP contribution is -2.13. The largest absolute Gasteiger partial charge is 0.493 e. The minimum Gasteiger partial charge on any atom is -0.493 e. The fourth-order valence-corrected chi connectivity index (χ4v) is 4.83. The molecule has 0 saturated carbocycles. The summed E-state index contributed by atoms with van der Waals surface area (Å²) in [6, 6.07) is 13.8. The van der Waals surface area contributed by atoms with E-state index in [0.717, 1.165) is 21.8 Å². The molecule has 33 heavy (non-hydrogen) atoms. The molecule has 0 amide bonds. The normalized spacial score (nSPS) is 12.2. The molecule has 4 rings (SSSR count). The van der Waals surface area contributed by atoms with E-state index < -0.39 is 0 Å². The molecule has 0 fully saturated rings. The van der Waals surface area contributed by atoms with Gasteiger partial charge in [-0.3, -0.25) is 0 Å². The van der Waals surface area contributed by atoms with Crippen LogP contribution in [0.25, 0.3) is 10.6 Å². The molecule has 170 valence electrons. The van der Waals surface area contributed by atoms with E-state index in [9.17, 15) is 4.39 Å². The molecule has 2 aromatic carbocycles. The van der Waals surface area contributed by atoms with E-state index in [1.807, 2.05) is 41.9 Å². The molecule has 4 aromatic rings. The van der Waals surface area contributed by atoms with Crippen LogP contribution >= 0.6 is 22.7 Å². The summed E-state index contributed by atoms with van der Waals surface area (Å²) in [5, 5.41) is 8.93. The van der Waals surface area contributed by atoms with Gasteiger partial charge < -0.3 is 14.2 Å². The summed E-state index contributed by atoms with van der Waals surface area (Å²) in [7, 11) is 4.73. The van der Waals surface area contributed by atoms with E-state index in [1.54, 1.807) is 49.5 Å². The van der Waals surface area contributed by atoms with Crippen LogP contribution in [0.2, 0.25) is 0 Å². The highest BCUT2D eigenvalue weighted by molar-refractivity contribution is 7.14. The van der Waals surface area contributed by atoms with Gasteiger partial charge in [0.1, 0.15) is 5.82 Å². The van der Waals surface area contributed by atoms with Gasteiger partial charge in [-0.05, 0) is 54.8 Å². The predicted octanol–water partition coefficient (Wildman–Crippen LogP) is 5.95. The molecule has 0 radical (unpaired) electrons. The van der Waals surface area contributed by atoms with Crippen molar-refractivity contribution in [3.63, 3.8) is 0 Å². The van der Waals surface area contributed by atoms with Crippen LogP contribution in [0.1, 0.15) is 12.5 Å². The third kappa shape index (κ3) is 4.84. The quantitative estimate of drug-likeness (QED) is 0.305. The smallest absolute Gasteiger partial charge is 0.211 e. The van der Waals surface area contributed by atoms with Crippen molar-refractivity contribution in [3.05, 3.63) is 75.5 Å². The van der Waals surface area contributed by atoms with Crippen LogP contribution in [-0.2, 0) is 0 Å². The van der Waals surface area contributed by atoms with Crippen molar-refractivity contribution in [2.24, 2.45) is 10.1 Å². The van der Waals surface area contributed by atoms with Crippen molar-refractivity contribution in [3.8, 4) is 27.8 Å². The molecule has 0 N–H and O–H groups in total. The van der Waals surface area contributed by atoms with Crippen LogP contribution in [0.15, 0.2) is 69.4 Å². The van der Waals surface area contributed by atoms with Crippen molar-refractivity contribution >= 4 is 34.1 Å². The molecule has 0 aliphatic rings. The monoisotopic (exact) mass is 483 g/mol. The molecule has 0 saturated heterocycles. The van der Waals surface area contributed by atoms with Crippen LogP contribution in [0.4, 0.5) is 10.1 Å². The Balaban J connectivity index is 1.87. The molecular formula is C24H22FN3O3S2. The summed E-state index contributed by atoms with van der Waals surface area (Å²) in [6.07, 6.45) is 0. The maximum absolute atomic E-state index is 13.3. The van der Waals surface area contributed by atoms with Crippen molar-refractivity contribution < 1.29 is 18.6 Å². The van der Waals surface area contributed by atoms with Crippen molar-refractivity contribution in [2.75, 3.05) is 21.3 Å². The minimum atomic E-state index is -0.302. The topological polar surface area (TPSA) is 57.3 Å². The predicted molar refractivity (Wildman–Crippen MR) is 131 cm³/mol. The zero-order valence-electron chi connectivity index (χ0n) is 18.5. The molecule has 9 heteroatoms. The first-order valence-corrected chi connectivity index (χ1v) is 11.7. The number of nitrogens with zero attached hydrogens (tertiary/aromatic N) is 3. The van der Waals surface area contributed by atoms with Gasteiger partial charge in [0, 0.05) is 10.9 Å². The van der Waals surface area contributed by atoms with Crippen molar-refractivity contribution in [2.45, 2.75) is 6.92 Å². The van der Waals surface area contributed by atoms with Crippen molar-refractivity contribution in [1.29, 1.82) is 0 Å². The van der Waals surface area contributed by atoms with E-state index in [4.69, 9.17) is 24.3 Å². The first-order valence-electron chi connectivity index (χ1n) is 9.94. The number of ether oxygens (including phenoxy) is 3. The second-order valence-electron chi connectivity index (χ2n) is 6.88. The van der Waals surface area contributed by atoms with Crippen LogP contribution < -0.4 is 19.0 Å². The van der Waals surface area contributed by atoms with Gasteiger partial charge in [0.2, 0.25) is 10.6 Å². The van der Waals surface area contributed by atoms with E-state index in [0.29, 0.717) is 27.7 Å². The van der Waals surface area contributed by atoms with Gasteiger partial charge in [-0.1, -0.05) is 6.07 Å². The molecule has 0 bridgehead atoms. The summed E-state index contributed by atoms with van der Waals surface area (Å²) < 4.78 is 31.5. The Hall–Kier alpha value is -3.43. The van der Waals surface area contributed by atoms with E-state index in [1.165, 1.54) is 23.5 Å². The number of thiazole rings is 1. The third-order valence-electron chi connectivity index (χ3n) is 4.84. The number of benzene rings is 2. The number of methoxy groups -OCH3 is 3. The van der Waals surface area contributed by atoms with Crippen LogP contribution in [0.3, 0.4) is 0 Å². The first kappa shape index (κ1) is 22.8. The average molecular weight is 484 g/mol. The number of hydrogen-bond donors (Lipinski definition) is 0. The molecule has 0 unspecified atom stereocenters. The Bertz CT molecular complexity index is 1320. The summed E-state index contributed by atoms with van der Waals surface area (Å²) in [5.41, 5.74) is 3.10. The second-order valence-corrected chi connectivity index (χ2v) is 8.66. The van der Waals surface area contributed by atoms with Gasteiger partial charge in [-0.25, -0.2) is 14.1 Å². The third-order valence-corrected chi connectivity index (χ3v) is 6.55. The van der Waals surface area contributed by atoms with Gasteiger partial charge in [0.15, 0.2) is 11.5 Å². The highest BCUT2D eigenvalue weighted by Gasteiger charge is 2.16. The SMILES string of the molecule is COc1cc(C(C)=Nn2c(-c3cccs3)csc2=Nc2ccc(F)cc2)cc(OC)c1OC. The van der Waals surface area contributed by atoms with Crippen LogP contribution in [-0.4, -0.2) is 31.7 Å². The fraction of sp³-hybridized carbons (Fsp3) is 0.167. The summed E-state index contributed by atoms with van der Waals surface area (Å²) >= 11 is 3.09. The molecular weight excluding hydrogens is 461 g/mol. The maximum Gasteiger partial charge on any atom is 0.211 e. The highest BCUT2D eigenvalue weighted by atomic mass is 32.1. The standard InChI is InChI=1S/C24H22FN3O3S2/c1-15(16-12-20(29-2)23(31-4)21(13-16)30-3)27-28-19(22-6-5-11-32-22)14-33-24(28)26-18-9-7-17(25)8-10-18/h5-14H,1-4H3. The van der Waals surface area contributed by atoms with E-state index >= 15 is 0 Å². The van der Waals surface area contributed by atoms with Gasteiger partial charge in [-0.2, -0.15) is 5.10 Å². The van der Waals surface area contributed by atoms with E-state index in [-0.39, 0.29) is 5.82 Å². The second kappa shape index (κ2) is 10.0. The molecule has 0 aliphatic carbocycles. The van der Waals surface area contributed by atoms with Gasteiger partial charge in [0.05, 0.1) is 43.3 Å². The van der Waals surface area contributed by atoms with Crippen molar-refractivity contribution in [1.82, 2.24) is 4.68 Å². The summed E-state index contributed by atoms with van der Waals surface area (Å²) in [4.78, 5) is 6.42. The minimum absolute atomic E-state index is 0.302. The Morgan fingerprint density at radius 3 is 2.21 bits per heavy atom. The number of halogens is 1. The molecule has 0 atom stereocenters. The summed E-state index contributed by atoms with van der Waals surface area (Å²) in [6.45, 7) is 1.91. The Morgan fingerprint density at radius 1 is 0.939 bits per heavy atom. The number of hydrogen-bond acceptors (Lipinski definition) is 7. The Labute approximate surface area is 198 Å². The molecule has 6 nitrogen and oxygen atoms in total. The lowest BCUT2D eigenvalue weighted by molar-refractivity contribution is 0.324. The number of aromatic nitrogens is 1. The molecule has 2 aromatic heterocycles. The van der Waals surface area contributed by atoms with Gasteiger partial charge in [0.25, 0.3) is 0 Å². The van der Waals surface area contributed by atoms with Gasteiger partial charge in [-0.15, -0.1) is 22.7 Å². The van der Waals surface area contributed by atoms with E-state index in [2.05, 4.69) is 0 Å². The Morgan fingerprint density at radius 2 is 1.64 bits per heavy atom. The fourth-order valence-electron chi connectivity index (χ4n) is 3.19. The zero-order chi connectivity index (χ0) is 23.4. The highest BCUT2D eigenvalue weighted by Crippen LogP contribution is 2.38. The lowest BCUT2D eigenvalue weighted by Gasteiger charge is -2.14.